The van der Waals surface area contributed by atoms with E-state index in [1.807, 2.05) is 42.5 Å². The number of fused-ring (bicyclic) bond motifs is 4. The standard InChI is InChI=1S/C44H28N4/c1-4-11-29(12-5-1)38-24-21-31-19-20-32-22-25-39(46-43(32)42(31)45-38)36-18-10-17-34(27-36)35-23-26-40-37(28-35)41(30-13-6-2-7-14-30)48-44(47-40)33-15-8-3-9-16-33/h1-28H. The monoisotopic (exact) mass is 612 g/mol. The molecule has 9 aromatic rings. The van der Waals surface area contributed by atoms with Crippen molar-refractivity contribution in [1.29, 1.82) is 0 Å². The predicted molar refractivity (Wildman–Crippen MR) is 197 cm³/mol. The Bertz CT molecular complexity index is 2600. The quantitative estimate of drug-likeness (QED) is 0.181. The third kappa shape index (κ3) is 5.06. The molecule has 0 fully saturated rings. The Balaban J connectivity index is 1.15. The van der Waals surface area contributed by atoms with E-state index in [1.165, 1.54) is 0 Å². The number of pyridine rings is 2. The molecule has 0 aliphatic heterocycles. The number of benzene rings is 6. The number of nitrogens with zero attached hydrogens (tertiary/aromatic N) is 4. The van der Waals surface area contributed by atoms with Gasteiger partial charge in [-0.25, -0.2) is 19.9 Å². The minimum Gasteiger partial charge on any atom is -0.245 e. The zero-order valence-electron chi connectivity index (χ0n) is 26.0. The van der Waals surface area contributed by atoms with Crippen LogP contribution >= 0.6 is 0 Å². The van der Waals surface area contributed by atoms with Gasteiger partial charge in [-0.2, -0.15) is 0 Å². The maximum atomic E-state index is 5.20. The van der Waals surface area contributed by atoms with Crippen LogP contribution in [0.4, 0.5) is 0 Å². The molecule has 224 valence electrons. The van der Waals surface area contributed by atoms with Crippen LogP contribution in [0.15, 0.2) is 170 Å². The Morgan fingerprint density at radius 1 is 0.312 bits per heavy atom. The van der Waals surface area contributed by atoms with Crippen molar-refractivity contribution in [3.63, 3.8) is 0 Å². The lowest BCUT2D eigenvalue weighted by atomic mass is 9.98. The van der Waals surface area contributed by atoms with Crippen LogP contribution in [0.5, 0.6) is 0 Å². The Hall–Kier alpha value is -6.52. The third-order valence-corrected chi connectivity index (χ3v) is 8.86. The Morgan fingerprint density at radius 3 is 1.50 bits per heavy atom. The Morgan fingerprint density at radius 2 is 0.833 bits per heavy atom. The van der Waals surface area contributed by atoms with E-state index in [2.05, 4.69) is 127 Å². The van der Waals surface area contributed by atoms with Gasteiger partial charge >= 0.3 is 0 Å². The smallest absolute Gasteiger partial charge is 0.160 e. The average molecular weight is 613 g/mol. The topological polar surface area (TPSA) is 51.6 Å². The van der Waals surface area contributed by atoms with E-state index in [9.17, 15) is 0 Å². The second kappa shape index (κ2) is 11.7. The van der Waals surface area contributed by atoms with E-state index in [4.69, 9.17) is 19.9 Å². The van der Waals surface area contributed by atoms with Crippen LogP contribution < -0.4 is 0 Å². The fourth-order valence-corrected chi connectivity index (χ4v) is 6.40. The van der Waals surface area contributed by atoms with Gasteiger partial charge in [-0.1, -0.05) is 140 Å². The van der Waals surface area contributed by atoms with Crippen molar-refractivity contribution >= 4 is 32.7 Å². The molecule has 48 heavy (non-hydrogen) atoms. The molecule has 0 saturated carbocycles. The lowest BCUT2D eigenvalue weighted by molar-refractivity contribution is 1.23. The molecule has 0 N–H and O–H groups in total. The van der Waals surface area contributed by atoms with Crippen molar-refractivity contribution in [2.24, 2.45) is 0 Å². The van der Waals surface area contributed by atoms with Crippen LogP contribution in [0.2, 0.25) is 0 Å². The fourth-order valence-electron chi connectivity index (χ4n) is 6.40. The van der Waals surface area contributed by atoms with Crippen LogP contribution in [0.3, 0.4) is 0 Å². The maximum Gasteiger partial charge on any atom is 0.160 e. The van der Waals surface area contributed by atoms with Gasteiger partial charge in [-0.15, -0.1) is 0 Å². The van der Waals surface area contributed by atoms with Crippen LogP contribution in [0.25, 0.3) is 89.0 Å². The minimum absolute atomic E-state index is 0.719. The summed E-state index contributed by atoms with van der Waals surface area (Å²) in [5.41, 5.74) is 11.9. The first kappa shape index (κ1) is 27.8. The molecule has 0 saturated heterocycles. The summed E-state index contributed by atoms with van der Waals surface area (Å²) in [6.07, 6.45) is 0. The molecule has 0 bridgehead atoms. The Labute approximate surface area is 278 Å². The highest BCUT2D eigenvalue weighted by molar-refractivity contribution is 6.04. The molecular formula is C44H28N4. The van der Waals surface area contributed by atoms with Gasteiger partial charge in [0.2, 0.25) is 0 Å². The van der Waals surface area contributed by atoms with Gasteiger partial charge < -0.3 is 0 Å². The molecule has 4 nitrogen and oxygen atoms in total. The summed E-state index contributed by atoms with van der Waals surface area (Å²) in [6.45, 7) is 0. The summed E-state index contributed by atoms with van der Waals surface area (Å²) in [5, 5.41) is 3.15. The first-order valence-electron chi connectivity index (χ1n) is 16.1. The van der Waals surface area contributed by atoms with E-state index in [0.717, 1.165) is 89.0 Å². The molecule has 0 unspecified atom stereocenters. The van der Waals surface area contributed by atoms with Crippen LogP contribution in [0.1, 0.15) is 0 Å². The van der Waals surface area contributed by atoms with Gasteiger partial charge in [0.05, 0.1) is 33.6 Å². The summed E-state index contributed by atoms with van der Waals surface area (Å²) in [4.78, 5) is 20.4. The molecule has 0 radical (unpaired) electrons. The summed E-state index contributed by atoms with van der Waals surface area (Å²) in [5.74, 6) is 0.719. The van der Waals surface area contributed by atoms with E-state index < -0.39 is 0 Å². The normalized spacial score (nSPS) is 11.3. The summed E-state index contributed by atoms with van der Waals surface area (Å²) in [6, 6.07) is 58.6. The lowest BCUT2D eigenvalue weighted by Crippen LogP contribution is -1.95. The zero-order chi connectivity index (χ0) is 31.9. The molecule has 0 aliphatic rings. The zero-order valence-corrected chi connectivity index (χ0v) is 26.0. The van der Waals surface area contributed by atoms with Crippen LogP contribution in [-0.4, -0.2) is 19.9 Å². The predicted octanol–water partition coefficient (Wildman–Crippen LogP) is 11.1. The summed E-state index contributed by atoms with van der Waals surface area (Å²) >= 11 is 0. The number of aromatic nitrogens is 4. The third-order valence-electron chi connectivity index (χ3n) is 8.86. The van der Waals surface area contributed by atoms with Gasteiger partial charge in [0.25, 0.3) is 0 Å². The fraction of sp³-hybridized carbons (Fsp3) is 0. The van der Waals surface area contributed by atoms with E-state index in [1.54, 1.807) is 0 Å². The van der Waals surface area contributed by atoms with Crippen molar-refractivity contribution in [2.45, 2.75) is 0 Å². The average Bonchev–Trinajstić information content (AvgIpc) is 3.18. The van der Waals surface area contributed by atoms with Crippen molar-refractivity contribution in [1.82, 2.24) is 19.9 Å². The number of rotatable bonds is 5. The van der Waals surface area contributed by atoms with Gasteiger partial charge in [0.1, 0.15) is 0 Å². The van der Waals surface area contributed by atoms with Gasteiger partial charge in [0, 0.05) is 38.4 Å². The van der Waals surface area contributed by atoms with Crippen molar-refractivity contribution in [3.8, 4) is 56.3 Å². The molecule has 0 aliphatic carbocycles. The largest absolute Gasteiger partial charge is 0.245 e. The van der Waals surface area contributed by atoms with E-state index in [-0.39, 0.29) is 0 Å². The molecular weight excluding hydrogens is 585 g/mol. The molecule has 0 atom stereocenters. The van der Waals surface area contributed by atoms with Gasteiger partial charge in [-0.05, 0) is 41.5 Å². The SMILES string of the molecule is c1ccc(-c2ccc3ccc4ccc(-c5cccc(-c6ccc7nc(-c8ccccc8)nc(-c8ccccc8)c7c6)c5)nc4c3n2)cc1. The molecule has 0 spiro atoms. The molecule has 6 aromatic carbocycles. The summed E-state index contributed by atoms with van der Waals surface area (Å²) < 4.78 is 0. The van der Waals surface area contributed by atoms with Crippen LogP contribution in [0, 0.1) is 0 Å². The molecule has 0 amide bonds. The highest BCUT2D eigenvalue weighted by atomic mass is 14.9. The molecule has 9 rings (SSSR count). The highest BCUT2D eigenvalue weighted by Crippen LogP contribution is 2.34. The van der Waals surface area contributed by atoms with Gasteiger partial charge in [-0.3, -0.25) is 0 Å². The molecule has 3 aromatic heterocycles. The van der Waals surface area contributed by atoms with E-state index in [0.29, 0.717) is 0 Å². The molecule has 3 heterocycles. The number of hydrogen-bond donors (Lipinski definition) is 0. The van der Waals surface area contributed by atoms with E-state index >= 15 is 0 Å². The molecule has 4 heteroatoms. The maximum absolute atomic E-state index is 5.20. The van der Waals surface area contributed by atoms with Crippen molar-refractivity contribution < 1.29 is 0 Å². The summed E-state index contributed by atoms with van der Waals surface area (Å²) in [7, 11) is 0. The second-order valence-corrected chi connectivity index (χ2v) is 11.9. The highest BCUT2D eigenvalue weighted by Gasteiger charge is 2.14. The number of hydrogen-bond acceptors (Lipinski definition) is 4. The Kier molecular flexibility index (Phi) is 6.76. The first-order valence-corrected chi connectivity index (χ1v) is 16.1. The van der Waals surface area contributed by atoms with Crippen molar-refractivity contribution in [2.75, 3.05) is 0 Å². The van der Waals surface area contributed by atoms with Gasteiger partial charge in [0.15, 0.2) is 5.82 Å². The van der Waals surface area contributed by atoms with Crippen LogP contribution in [-0.2, 0) is 0 Å². The lowest BCUT2D eigenvalue weighted by Gasteiger charge is -2.12. The second-order valence-electron chi connectivity index (χ2n) is 11.9. The minimum atomic E-state index is 0.719. The first-order chi connectivity index (χ1) is 23.8. The van der Waals surface area contributed by atoms with Crippen molar-refractivity contribution in [3.05, 3.63) is 170 Å².